The summed E-state index contributed by atoms with van der Waals surface area (Å²) in [5.74, 6) is -1.11. The van der Waals surface area contributed by atoms with Gasteiger partial charge in [-0.05, 0) is 61.0 Å². The Kier molecular flexibility index (Phi) is 5.88. The highest BCUT2D eigenvalue weighted by atomic mass is 19.4. The number of aromatic nitrogens is 5. The molecule has 2 aromatic carbocycles. The maximum absolute atomic E-state index is 13.6. The summed E-state index contributed by atoms with van der Waals surface area (Å²) in [6.07, 6.45) is 0.146. The summed E-state index contributed by atoms with van der Waals surface area (Å²) < 4.78 is 58.4. The molecule has 5 aromatic rings. The molecular formula is C25H16F4N6O. The summed E-state index contributed by atoms with van der Waals surface area (Å²) in [5.41, 5.74) is 2.13. The van der Waals surface area contributed by atoms with Crippen LogP contribution in [0.15, 0.2) is 77.6 Å². The van der Waals surface area contributed by atoms with Crippen molar-refractivity contribution in [2.75, 3.05) is 5.32 Å². The lowest BCUT2D eigenvalue weighted by Gasteiger charge is -2.10. The number of anilines is 2. The first-order valence-electron chi connectivity index (χ1n) is 10.6. The van der Waals surface area contributed by atoms with E-state index in [1.165, 1.54) is 0 Å². The Morgan fingerprint density at radius 1 is 0.861 bits per heavy atom. The second-order valence-corrected chi connectivity index (χ2v) is 7.77. The maximum atomic E-state index is 13.6. The average Bonchev–Trinajstić information content (AvgIpc) is 3.36. The number of nitrogens with zero attached hydrogens (tertiary/aromatic N) is 5. The molecule has 11 heteroatoms. The Hall–Kier alpha value is -4.67. The first-order chi connectivity index (χ1) is 17.3. The van der Waals surface area contributed by atoms with Crippen LogP contribution in [0.2, 0.25) is 0 Å². The molecule has 180 valence electrons. The molecule has 0 aliphatic rings. The minimum atomic E-state index is -4.85. The number of pyridine rings is 1. The largest absolute Gasteiger partial charge is 0.419 e. The third-order valence-electron chi connectivity index (χ3n) is 5.29. The lowest BCUT2D eigenvalue weighted by Crippen LogP contribution is -2.08. The molecule has 3 aromatic heterocycles. The topological polar surface area (TPSA) is 89.6 Å². The lowest BCUT2D eigenvalue weighted by molar-refractivity contribution is -0.139. The van der Waals surface area contributed by atoms with E-state index in [4.69, 9.17) is 4.42 Å². The van der Waals surface area contributed by atoms with Crippen molar-refractivity contribution >= 4 is 11.6 Å². The molecule has 1 N–H and O–H groups in total. The Morgan fingerprint density at radius 2 is 1.61 bits per heavy atom. The monoisotopic (exact) mass is 492 g/mol. The zero-order valence-corrected chi connectivity index (χ0v) is 18.6. The summed E-state index contributed by atoms with van der Waals surface area (Å²) in [7, 11) is 0. The van der Waals surface area contributed by atoms with E-state index in [1.54, 1.807) is 36.8 Å². The Balaban J connectivity index is 1.43. The van der Waals surface area contributed by atoms with Crippen molar-refractivity contribution in [2.24, 2.45) is 0 Å². The molecule has 36 heavy (non-hydrogen) atoms. The third-order valence-corrected chi connectivity index (χ3v) is 5.29. The van der Waals surface area contributed by atoms with Crippen molar-refractivity contribution in [1.82, 2.24) is 25.1 Å². The second kappa shape index (κ2) is 9.17. The molecule has 5 rings (SSSR count). The number of rotatable bonds is 5. The number of benzene rings is 2. The van der Waals surface area contributed by atoms with Gasteiger partial charge in [0.15, 0.2) is 0 Å². The van der Waals surface area contributed by atoms with Crippen molar-refractivity contribution in [1.29, 1.82) is 0 Å². The van der Waals surface area contributed by atoms with Gasteiger partial charge in [0.1, 0.15) is 5.82 Å². The minimum Gasteiger partial charge on any atom is -0.416 e. The molecule has 0 spiro atoms. The van der Waals surface area contributed by atoms with Crippen molar-refractivity contribution in [3.63, 3.8) is 0 Å². The molecule has 0 amide bonds. The third kappa shape index (κ3) is 4.76. The van der Waals surface area contributed by atoms with Gasteiger partial charge in [0.05, 0.1) is 11.3 Å². The standard InChI is InChI=1S/C25H16F4N6O/c1-14-4-5-16(12-21(14)33-24-31-10-8-20(32-24)17-3-2-9-30-13-17)23-35-34-22(36-23)15-6-7-19(26)18(11-15)25(27,28)29/h2-13H,1H3,(H,31,32,33). The molecule has 0 aliphatic carbocycles. The lowest BCUT2D eigenvalue weighted by atomic mass is 10.1. The van der Waals surface area contributed by atoms with Gasteiger partial charge in [-0.1, -0.05) is 6.07 Å². The molecule has 0 saturated carbocycles. The molecule has 0 unspecified atom stereocenters. The van der Waals surface area contributed by atoms with Crippen LogP contribution in [0.25, 0.3) is 34.2 Å². The van der Waals surface area contributed by atoms with Crippen LogP contribution in [-0.2, 0) is 6.18 Å². The predicted octanol–water partition coefficient (Wildman–Crippen LogP) is 6.47. The van der Waals surface area contributed by atoms with Gasteiger partial charge in [0, 0.05) is 41.0 Å². The van der Waals surface area contributed by atoms with Crippen LogP contribution in [0.3, 0.4) is 0 Å². The summed E-state index contributed by atoms with van der Waals surface area (Å²) >= 11 is 0. The average molecular weight is 492 g/mol. The first kappa shape index (κ1) is 23.1. The van der Waals surface area contributed by atoms with Crippen LogP contribution in [-0.4, -0.2) is 25.1 Å². The molecule has 0 aliphatic heterocycles. The molecule has 0 fully saturated rings. The van der Waals surface area contributed by atoms with Crippen molar-refractivity contribution in [2.45, 2.75) is 13.1 Å². The molecule has 0 bridgehead atoms. The quantitative estimate of drug-likeness (QED) is 0.282. The number of hydrogen-bond donors (Lipinski definition) is 1. The van der Waals surface area contributed by atoms with E-state index in [0.29, 0.717) is 29.0 Å². The number of hydrogen-bond acceptors (Lipinski definition) is 7. The number of aryl methyl sites for hydroxylation is 1. The highest BCUT2D eigenvalue weighted by molar-refractivity contribution is 5.69. The molecule has 0 atom stereocenters. The Labute approximate surface area is 201 Å². The smallest absolute Gasteiger partial charge is 0.416 e. The summed E-state index contributed by atoms with van der Waals surface area (Å²) in [6.45, 7) is 1.88. The maximum Gasteiger partial charge on any atom is 0.419 e. The van der Waals surface area contributed by atoms with Crippen LogP contribution in [0, 0.1) is 12.7 Å². The van der Waals surface area contributed by atoms with Gasteiger partial charge in [-0.15, -0.1) is 10.2 Å². The first-order valence-corrected chi connectivity index (χ1v) is 10.6. The van der Waals surface area contributed by atoms with Gasteiger partial charge in [-0.3, -0.25) is 4.98 Å². The molecular weight excluding hydrogens is 476 g/mol. The van der Waals surface area contributed by atoms with E-state index in [9.17, 15) is 17.6 Å². The van der Waals surface area contributed by atoms with E-state index in [2.05, 4.69) is 30.5 Å². The highest BCUT2D eigenvalue weighted by Gasteiger charge is 2.34. The van der Waals surface area contributed by atoms with Gasteiger partial charge >= 0.3 is 6.18 Å². The van der Waals surface area contributed by atoms with Crippen LogP contribution >= 0.6 is 0 Å². The number of alkyl halides is 3. The predicted molar refractivity (Wildman–Crippen MR) is 123 cm³/mol. The second-order valence-electron chi connectivity index (χ2n) is 7.77. The van der Waals surface area contributed by atoms with E-state index in [0.717, 1.165) is 23.3 Å². The Morgan fingerprint density at radius 3 is 2.33 bits per heavy atom. The highest BCUT2D eigenvalue weighted by Crippen LogP contribution is 2.35. The number of nitrogens with one attached hydrogen (secondary N) is 1. The normalized spacial score (nSPS) is 11.5. The zero-order chi connectivity index (χ0) is 25.3. The van der Waals surface area contributed by atoms with E-state index in [-0.39, 0.29) is 17.3 Å². The van der Waals surface area contributed by atoms with Crippen LogP contribution in [0.5, 0.6) is 0 Å². The van der Waals surface area contributed by atoms with E-state index in [1.807, 2.05) is 25.1 Å². The zero-order valence-electron chi connectivity index (χ0n) is 18.6. The van der Waals surface area contributed by atoms with Crippen LogP contribution < -0.4 is 5.32 Å². The number of halogens is 4. The van der Waals surface area contributed by atoms with Crippen LogP contribution in [0.4, 0.5) is 29.2 Å². The fraction of sp³-hybridized carbons (Fsp3) is 0.0800. The van der Waals surface area contributed by atoms with Gasteiger partial charge in [-0.25, -0.2) is 14.4 Å². The van der Waals surface area contributed by atoms with E-state index < -0.39 is 17.6 Å². The molecule has 7 nitrogen and oxygen atoms in total. The minimum absolute atomic E-state index is 0.0476. The molecule has 0 radical (unpaired) electrons. The fourth-order valence-corrected chi connectivity index (χ4v) is 3.44. The van der Waals surface area contributed by atoms with Crippen molar-refractivity contribution in [3.05, 3.63) is 90.1 Å². The van der Waals surface area contributed by atoms with Crippen LogP contribution in [0.1, 0.15) is 11.1 Å². The van der Waals surface area contributed by atoms with Gasteiger partial charge < -0.3 is 9.73 Å². The summed E-state index contributed by atoms with van der Waals surface area (Å²) in [5, 5.41) is 11.0. The molecule has 0 saturated heterocycles. The van der Waals surface area contributed by atoms with Gasteiger partial charge in [0.25, 0.3) is 0 Å². The van der Waals surface area contributed by atoms with E-state index >= 15 is 0 Å². The molecule has 3 heterocycles. The summed E-state index contributed by atoms with van der Waals surface area (Å²) in [6, 6.07) is 13.3. The summed E-state index contributed by atoms with van der Waals surface area (Å²) in [4.78, 5) is 12.9. The van der Waals surface area contributed by atoms with Gasteiger partial charge in [-0.2, -0.15) is 13.2 Å². The van der Waals surface area contributed by atoms with Gasteiger partial charge in [0.2, 0.25) is 17.7 Å². The van der Waals surface area contributed by atoms with Crippen molar-refractivity contribution < 1.29 is 22.0 Å². The van der Waals surface area contributed by atoms with Crippen molar-refractivity contribution in [3.8, 4) is 34.2 Å². The SMILES string of the molecule is Cc1ccc(-c2nnc(-c3ccc(F)c(C(F)(F)F)c3)o2)cc1Nc1nccc(-c2cccnc2)n1. The Bertz CT molecular complexity index is 1540. The fourth-order valence-electron chi connectivity index (χ4n) is 3.44.